The Morgan fingerprint density at radius 3 is 3.00 bits per heavy atom. The molecule has 1 aromatic rings. The first kappa shape index (κ1) is 13.0. The predicted molar refractivity (Wildman–Crippen MR) is 76.5 cm³/mol. The van der Waals surface area contributed by atoms with Crippen LogP contribution in [0.5, 0.6) is 0 Å². The monoisotopic (exact) mass is 252 g/mol. The fourth-order valence-electron chi connectivity index (χ4n) is 2.57. The Morgan fingerprint density at radius 2 is 2.29 bits per heavy atom. The Balaban J connectivity index is 1.72. The lowest BCUT2D eigenvalue weighted by molar-refractivity contribution is 0.524. The molecule has 1 heterocycles. The van der Waals surface area contributed by atoms with Crippen molar-refractivity contribution in [2.45, 2.75) is 57.5 Å². The first-order valence-electron chi connectivity index (χ1n) is 6.81. The number of hydrogen-bond donors (Lipinski definition) is 1. The first-order chi connectivity index (χ1) is 8.31. The average Bonchev–Trinajstić information content (AvgIpc) is 2.95. The van der Waals surface area contributed by atoms with Crippen molar-refractivity contribution >= 4 is 11.8 Å². The highest BCUT2D eigenvalue weighted by Crippen LogP contribution is 2.29. The van der Waals surface area contributed by atoms with Gasteiger partial charge in [-0.05, 0) is 43.6 Å². The summed E-state index contributed by atoms with van der Waals surface area (Å²) < 4.78 is 2.24. The normalized spacial score (nSPS) is 24.4. The van der Waals surface area contributed by atoms with Gasteiger partial charge in [-0.15, -0.1) is 0 Å². The lowest BCUT2D eigenvalue weighted by Crippen LogP contribution is -2.25. The van der Waals surface area contributed by atoms with Gasteiger partial charge in [0.25, 0.3) is 0 Å². The van der Waals surface area contributed by atoms with E-state index in [9.17, 15) is 0 Å². The van der Waals surface area contributed by atoms with Gasteiger partial charge in [-0.25, -0.2) is 0 Å². The Morgan fingerprint density at radius 1 is 1.41 bits per heavy atom. The molecule has 3 heteroatoms. The van der Waals surface area contributed by atoms with Gasteiger partial charge in [-0.1, -0.05) is 6.92 Å². The maximum atomic E-state index is 3.70. The summed E-state index contributed by atoms with van der Waals surface area (Å²) in [6.07, 6.45) is 8.52. The van der Waals surface area contributed by atoms with E-state index in [1.807, 2.05) is 0 Å². The van der Waals surface area contributed by atoms with E-state index < -0.39 is 0 Å². The third kappa shape index (κ3) is 3.78. The van der Waals surface area contributed by atoms with Gasteiger partial charge in [0.2, 0.25) is 0 Å². The zero-order valence-corrected chi connectivity index (χ0v) is 11.8. The van der Waals surface area contributed by atoms with E-state index in [0.29, 0.717) is 0 Å². The smallest absolute Gasteiger partial charge is 0.0223 e. The molecule has 1 saturated carbocycles. The highest BCUT2D eigenvalue weighted by Gasteiger charge is 2.23. The minimum absolute atomic E-state index is 0.740. The molecular weight excluding hydrogens is 228 g/mol. The van der Waals surface area contributed by atoms with Gasteiger partial charge >= 0.3 is 0 Å². The van der Waals surface area contributed by atoms with E-state index in [1.165, 1.54) is 30.6 Å². The number of rotatable bonds is 6. The molecule has 0 amide bonds. The molecule has 2 rings (SSSR count). The molecular formula is C14H24N2S. The van der Waals surface area contributed by atoms with Crippen molar-refractivity contribution < 1.29 is 0 Å². The van der Waals surface area contributed by atoms with E-state index in [-0.39, 0.29) is 0 Å². The van der Waals surface area contributed by atoms with Crippen LogP contribution in [0, 0.1) is 0 Å². The maximum absolute atomic E-state index is 3.70. The first-order valence-corrected chi connectivity index (χ1v) is 7.86. The van der Waals surface area contributed by atoms with Crippen LogP contribution in [0.1, 0.15) is 38.7 Å². The molecule has 0 spiro atoms. The molecule has 0 aliphatic heterocycles. The molecule has 0 saturated heterocycles. The van der Waals surface area contributed by atoms with Gasteiger partial charge < -0.3 is 9.88 Å². The second kappa shape index (κ2) is 6.50. The zero-order valence-electron chi connectivity index (χ0n) is 11.0. The molecule has 1 aliphatic rings. The number of aryl methyl sites for hydroxylation is 1. The maximum Gasteiger partial charge on any atom is 0.0223 e. The average molecular weight is 252 g/mol. The zero-order chi connectivity index (χ0) is 12.1. The lowest BCUT2D eigenvalue weighted by Gasteiger charge is -2.12. The molecule has 0 bridgehead atoms. The highest BCUT2D eigenvalue weighted by atomic mass is 32.2. The summed E-state index contributed by atoms with van der Waals surface area (Å²) in [5.74, 6) is 1.26. The lowest BCUT2D eigenvalue weighted by atomic mass is 10.2. The topological polar surface area (TPSA) is 17.0 Å². The molecule has 2 nitrogen and oxygen atoms in total. The van der Waals surface area contributed by atoms with Crippen LogP contribution in [0.2, 0.25) is 0 Å². The van der Waals surface area contributed by atoms with Gasteiger partial charge in [0.1, 0.15) is 0 Å². The molecule has 1 fully saturated rings. The molecule has 2 unspecified atom stereocenters. The van der Waals surface area contributed by atoms with Crippen molar-refractivity contribution in [1.82, 2.24) is 9.88 Å². The number of aromatic nitrogens is 1. The summed E-state index contributed by atoms with van der Waals surface area (Å²) in [5.41, 5.74) is 1.42. The fourth-order valence-corrected chi connectivity index (χ4v) is 3.71. The fraction of sp³-hybridized carbons (Fsp3) is 0.714. The Bertz CT molecular complexity index is 335. The van der Waals surface area contributed by atoms with E-state index in [0.717, 1.165) is 24.4 Å². The second-order valence-corrected chi connectivity index (χ2v) is 6.40. The summed E-state index contributed by atoms with van der Waals surface area (Å²) in [5, 5.41) is 4.60. The minimum atomic E-state index is 0.740. The van der Waals surface area contributed by atoms with Gasteiger partial charge in [-0.2, -0.15) is 11.8 Å². The van der Waals surface area contributed by atoms with Crippen molar-refractivity contribution in [3.63, 3.8) is 0 Å². The quantitative estimate of drug-likeness (QED) is 0.837. The second-order valence-electron chi connectivity index (χ2n) is 4.82. The number of nitrogens with one attached hydrogen (secondary N) is 1. The van der Waals surface area contributed by atoms with Crippen molar-refractivity contribution in [2.24, 2.45) is 0 Å². The van der Waals surface area contributed by atoms with Crippen LogP contribution in [-0.4, -0.2) is 21.6 Å². The van der Waals surface area contributed by atoms with Crippen LogP contribution in [0.15, 0.2) is 18.5 Å². The van der Waals surface area contributed by atoms with Crippen LogP contribution in [0.3, 0.4) is 0 Å². The molecule has 1 aliphatic carbocycles. The Labute approximate surface area is 109 Å². The summed E-state index contributed by atoms with van der Waals surface area (Å²) >= 11 is 2.13. The van der Waals surface area contributed by atoms with Crippen LogP contribution >= 0.6 is 11.8 Å². The largest absolute Gasteiger partial charge is 0.354 e. The SMILES string of the molecule is CCSC1CCC(NCc2ccn(CC)c2)C1. The number of hydrogen-bond acceptors (Lipinski definition) is 2. The molecule has 2 atom stereocenters. The van der Waals surface area contributed by atoms with E-state index in [2.05, 4.69) is 54.0 Å². The van der Waals surface area contributed by atoms with Crippen molar-refractivity contribution in [1.29, 1.82) is 0 Å². The van der Waals surface area contributed by atoms with Crippen LogP contribution in [-0.2, 0) is 13.1 Å². The van der Waals surface area contributed by atoms with Crippen molar-refractivity contribution in [3.8, 4) is 0 Å². The minimum Gasteiger partial charge on any atom is -0.354 e. The summed E-state index contributed by atoms with van der Waals surface area (Å²) in [7, 11) is 0. The van der Waals surface area contributed by atoms with E-state index in [1.54, 1.807) is 0 Å². The molecule has 0 aromatic carbocycles. The van der Waals surface area contributed by atoms with Crippen LogP contribution in [0.25, 0.3) is 0 Å². The molecule has 1 aromatic heterocycles. The van der Waals surface area contributed by atoms with Gasteiger partial charge in [0.05, 0.1) is 0 Å². The van der Waals surface area contributed by atoms with Crippen LogP contribution in [0.4, 0.5) is 0 Å². The summed E-state index contributed by atoms with van der Waals surface area (Å²) in [4.78, 5) is 0. The van der Waals surface area contributed by atoms with Crippen LogP contribution < -0.4 is 5.32 Å². The third-order valence-electron chi connectivity index (χ3n) is 3.56. The van der Waals surface area contributed by atoms with Gasteiger partial charge in [-0.3, -0.25) is 0 Å². The Hall–Kier alpha value is -0.410. The van der Waals surface area contributed by atoms with E-state index >= 15 is 0 Å². The van der Waals surface area contributed by atoms with Crippen molar-refractivity contribution in [3.05, 3.63) is 24.0 Å². The number of thioether (sulfide) groups is 1. The third-order valence-corrected chi connectivity index (χ3v) is 4.79. The number of nitrogens with zero attached hydrogens (tertiary/aromatic N) is 1. The molecule has 0 radical (unpaired) electrons. The highest BCUT2D eigenvalue weighted by molar-refractivity contribution is 7.99. The van der Waals surface area contributed by atoms with E-state index in [4.69, 9.17) is 0 Å². The molecule has 96 valence electrons. The molecule has 1 N–H and O–H groups in total. The summed E-state index contributed by atoms with van der Waals surface area (Å²) in [6.45, 7) is 6.54. The standard InChI is InChI=1S/C14H24N2S/c1-3-16-8-7-12(11-16)10-15-13-5-6-14(9-13)17-4-2/h7-8,11,13-15H,3-6,9-10H2,1-2H3. The van der Waals surface area contributed by atoms with Crippen molar-refractivity contribution in [2.75, 3.05) is 5.75 Å². The van der Waals surface area contributed by atoms with Gasteiger partial charge in [0, 0.05) is 36.8 Å². The Kier molecular flexibility index (Phi) is 4.99. The predicted octanol–water partition coefficient (Wildman–Crippen LogP) is 3.27. The molecule has 17 heavy (non-hydrogen) atoms. The van der Waals surface area contributed by atoms with Gasteiger partial charge in [0.15, 0.2) is 0 Å². The summed E-state index contributed by atoms with van der Waals surface area (Å²) in [6, 6.07) is 2.97.